The minimum Gasteiger partial charge on any atom is -0.350 e. The van der Waals surface area contributed by atoms with E-state index >= 15 is 0 Å². The lowest BCUT2D eigenvalue weighted by molar-refractivity contribution is -0.122. The van der Waals surface area contributed by atoms with Gasteiger partial charge in [-0.25, -0.2) is 0 Å². The van der Waals surface area contributed by atoms with Crippen molar-refractivity contribution in [1.82, 2.24) is 20.4 Å². The Kier molecular flexibility index (Phi) is 5.60. The van der Waals surface area contributed by atoms with E-state index in [0.717, 1.165) is 31.5 Å². The Labute approximate surface area is 162 Å². The maximum absolute atomic E-state index is 12.2. The normalized spacial score (nSPS) is 17.7. The first kappa shape index (κ1) is 17.9. The van der Waals surface area contributed by atoms with Crippen molar-refractivity contribution in [1.29, 1.82) is 0 Å². The fourth-order valence-electron chi connectivity index (χ4n) is 3.36. The molecule has 0 saturated carbocycles. The van der Waals surface area contributed by atoms with E-state index < -0.39 is 0 Å². The maximum Gasteiger partial charge on any atom is 0.234 e. The summed E-state index contributed by atoms with van der Waals surface area (Å²) in [4.78, 5) is 20.2. The highest BCUT2D eigenvalue weighted by Crippen LogP contribution is 2.27. The zero-order valence-corrected chi connectivity index (χ0v) is 15.8. The molecule has 1 fully saturated rings. The zero-order valence-electron chi connectivity index (χ0n) is 15.0. The third kappa shape index (κ3) is 4.61. The van der Waals surface area contributed by atoms with Crippen molar-refractivity contribution >= 4 is 17.2 Å². The minimum absolute atomic E-state index is 0.0551. The summed E-state index contributed by atoms with van der Waals surface area (Å²) in [5, 5.41) is 9.13. The molecule has 1 saturated heterocycles. The molecular formula is C20H22N4O2S. The minimum atomic E-state index is 0.0551. The molecule has 0 bridgehead atoms. The molecule has 7 heteroatoms. The van der Waals surface area contributed by atoms with E-state index in [1.54, 1.807) is 11.3 Å². The van der Waals surface area contributed by atoms with Crippen LogP contribution in [0.5, 0.6) is 0 Å². The van der Waals surface area contributed by atoms with Gasteiger partial charge >= 0.3 is 0 Å². The number of amides is 1. The van der Waals surface area contributed by atoms with Crippen molar-refractivity contribution < 1.29 is 9.32 Å². The average molecular weight is 382 g/mol. The lowest BCUT2D eigenvalue weighted by Crippen LogP contribution is -2.41. The quantitative estimate of drug-likeness (QED) is 0.708. The van der Waals surface area contributed by atoms with E-state index in [1.807, 2.05) is 47.8 Å². The third-order valence-corrected chi connectivity index (χ3v) is 5.61. The van der Waals surface area contributed by atoms with E-state index in [2.05, 4.69) is 20.4 Å². The molecule has 2 aromatic heterocycles. The molecule has 140 valence electrons. The Hall–Kier alpha value is -2.51. The summed E-state index contributed by atoms with van der Waals surface area (Å²) in [6.07, 6.45) is 2.02. The van der Waals surface area contributed by atoms with E-state index in [0.29, 0.717) is 24.8 Å². The summed E-state index contributed by atoms with van der Waals surface area (Å²) in [5.74, 6) is 1.52. The summed E-state index contributed by atoms with van der Waals surface area (Å²) >= 11 is 1.65. The number of hydrogen-bond acceptors (Lipinski definition) is 6. The second-order valence-electron chi connectivity index (χ2n) is 6.75. The second-order valence-corrected chi connectivity index (χ2v) is 7.78. The number of nitrogens with one attached hydrogen (secondary N) is 1. The van der Waals surface area contributed by atoms with Gasteiger partial charge in [-0.15, -0.1) is 11.3 Å². The predicted octanol–water partition coefficient (Wildman–Crippen LogP) is 3.29. The van der Waals surface area contributed by atoms with Gasteiger partial charge in [0.2, 0.25) is 17.6 Å². The van der Waals surface area contributed by atoms with Gasteiger partial charge in [-0.1, -0.05) is 41.6 Å². The van der Waals surface area contributed by atoms with Gasteiger partial charge in [-0.2, -0.15) is 4.98 Å². The van der Waals surface area contributed by atoms with Crippen LogP contribution in [0.1, 0.15) is 29.5 Å². The van der Waals surface area contributed by atoms with Crippen molar-refractivity contribution in [2.75, 3.05) is 19.6 Å². The molecule has 3 aromatic rings. The van der Waals surface area contributed by atoms with Crippen molar-refractivity contribution in [3.05, 3.63) is 58.6 Å². The molecule has 1 aromatic carbocycles. The molecule has 27 heavy (non-hydrogen) atoms. The van der Waals surface area contributed by atoms with Gasteiger partial charge in [0.05, 0.1) is 19.0 Å². The third-order valence-electron chi connectivity index (χ3n) is 4.74. The van der Waals surface area contributed by atoms with Crippen molar-refractivity contribution in [2.45, 2.75) is 25.3 Å². The molecule has 6 nitrogen and oxygen atoms in total. The molecular weight excluding hydrogens is 360 g/mol. The Morgan fingerprint density at radius 2 is 2.15 bits per heavy atom. The summed E-state index contributed by atoms with van der Waals surface area (Å²) in [7, 11) is 0. The molecule has 1 amide bonds. The van der Waals surface area contributed by atoms with Crippen LogP contribution in [0, 0.1) is 0 Å². The summed E-state index contributed by atoms with van der Waals surface area (Å²) in [5.41, 5.74) is 0.952. The van der Waals surface area contributed by atoms with Crippen LogP contribution in [0.25, 0.3) is 11.4 Å². The Morgan fingerprint density at radius 3 is 2.96 bits per heavy atom. The predicted molar refractivity (Wildman–Crippen MR) is 104 cm³/mol. The number of aromatic nitrogens is 2. The number of likely N-dealkylation sites (tertiary alicyclic amines) is 1. The highest BCUT2D eigenvalue weighted by atomic mass is 32.1. The molecule has 0 radical (unpaired) electrons. The van der Waals surface area contributed by atoms with E-state index in [4.69, 9.17) is 4.52 Å². The van der Waals surface area contributed by atoms with Crippen LogP contribution in [0.2, 0.25) is 0 Å². The van der Waals surface area contributed by atoms with Crippen LogP contribution in [0.4, 0.5) is 0 Å². The highest BCUT2D eigenvalue weighted by Gasteiger charge is 2.27. The second kappa shape index (κ2) is 8.45. The highest BCUT2D eigenvalue weighted by molar-refractivity contribution is 7.09. The summed E-state index contributed by atoms with van der Waals surface area (Å²) in [6, 6.07) is 13.9. The topological polar surface area (TPSA) is 71.3 Å². The number of thiophene rings is 1. The largest absolute Gasteiger partial charge is 0.350 e. The van der Waals surface area contributed by atoms with Crippen molar-refractivity contribution in [3.8, 4) is 11.4 Å². The standard InChI is InChI=1S/C20H22N4O2S/c25-18(21-12-17-9-5-11-27-17)14-24-10-4-8-16(13-24)20-22-19(23-26-20)15-6-2-1-3-7-15/h1-3,5-7,9,11,16H,4,8,10,12-14H2,(H,21,25)/t16-/m0/s1. The first-order chi connectivity index (χ1) is 13.3. The number of hydrogen-bond donors (Lipinski definition) is 1. The number of rotatable bonds is 6. The van der Waals surface area contributed by atoms with Gasteiger partial charge in [-0.05, 0) is 30.8 Å². The number of nitrogens with zero attached hydrogens (tertiary/aromatic N) is 3. The maximum atomic E-state index is 12.2. The van der Waals surface area contributed by atoms with Gasteiger partial charge in [0.15, 0.2) is 0 Å². The van der Waals surface area contributed by atoms with Gasteiger partial charge in [-0.3, -0.25) is 9.69 Å². The van der Waals surface area contributed by atoms with E-state index in [9.17, 15) is 4.79 Å². The Morgan fingerprint density at radius 1 is 1.26 bits per heavy atom. The smallest absolute Gasteiger partial charge is 0.234 e. The number of carbonyl (C=O) groups excluding carboxylic acids is 1. The fourth-order valence-corrected chi connectivity index (χ4v) is 4.01. The first-order valence-electron chi connectivity index (χ1n) is 9.18. The molecule has 1 aliphatic heterocycles. The van der Waals surface area contributed by atoms with E-state index in [-0.39, 0.29) is 11.8 Å². The van der Waals surface area contributed by atoms with Crippen molar-refractivity contribution in [3.63, 3.8) is 0 Å². The van der Waals surface area contributed by atoms with Crippen LogP contribution >= 0.6 is 11.3 Å². The molecule has 1 aliphatic rings. The van der Waals surface area contributed by atoms with Gasteiger partial charge < -0.3 is 9.84 Å². The van der Waals surface area contributed by atoms with Gasteiger partial charge in [0.25, 0.3) is 0 Å². The van der Waals surface area contributed by atoms with Crippen LogP contribution in [-0.2, 0) is 11.3 Å². The lowest BCUT2D eigenvalue weighted by atomic mass is 9.98. The van der Waals surface area contributed by atoms with Crippen LogP contribution in [0.15, 0.2) is 52.4 Å². The molecule has 0 spiro atoms. The fraction of sp³-hybridized carbons (Fsp3) is 0.350. The van der Waals surface area contributed by atoms with Crippen LogP contribution < -0.4 is 5.32 Å². The average Bonchev–Trinajstić information content (AvgIpc) is 3.39. The molecule has 0 unspecified atom stereocenters. The molecule has 3 heterocycles. The summed E-state index contributed by atoms with van der Waals surface area (Å²) < 4.78 is 5.52. The summed E-state index contributed by atoms with van der Waals surface area (Å²) in [6.45, 7) is 2.69. The van der Waals surface area contributed by atoms with Crippen LogP contribution in [-0.4, -0.2) is 40.6 Å². The molecule has 1 N–H and O–H groups in total. The van der Waals surface area contributed by atoms with Crippen molar-refractivity contribution in [2.24, 2.45) is 0 Å². The SMILES string of the molecule is O=C(CN1CCC[C@H](c2nc(-c3ccccc3)no2)C1)NCc1cccs1. The molecule has 0 aliphatic carbocycles. The lowest BCUT2D eigenvalue weighted by Gasteiger charge is -2.30. The number of piperidine rings is 1. The first-order valence-corrected chi connectivity index (χ1v) is 10.1. The van der Waals surface area contributed by atoms with E-state index in [1.165, 1.54) is 4.88 Å². The Balaban J connectivity index is 1.33. The zero-order chi connectivity index (χ0) is 18.5. The molecule has 4 rings (SSSR count). The monoisotopic (exact) mass is 382 g/mol. The number of benzene rings is 1. The van der Waals surface area contributed by atoms with Crippen LogP contribution in [0.3, 0.4) is 0 Å². The number of carbonyl (C=O) groups is 1. The van der Waals surface area contributed by atoms with Gasteiger partial charge in [0.1, 0.15) is 0 Å². The Bertz CT molecular complexity index is 863. The van der Waals surface area contributed by atoms with Gasteiger partial charge in [0, 0.05) is 17.0 Å². The molecule has 1 atom stereocenters.